The first-order valence-corrected chi connectivity index (χ1v) is 8.52. The predicted molar refractivity (Wildman–Crippen MR) is 104 cm³/mol. The third-order valence-electron chi connectivity index (χ3n) is 4.22. The summed E-state index contributed by atoms with van der Waals surface area (Å²) in [4.78, 5) is 8.66. The number of imidazole rings is 1. The number of hydrogen-bond donors (Lipinski definition) is 0. The van der Waals surface area contributed by atoms with Crippen LogP contribution >= 0.6 is 11.6 Å². The van der Waals surface area contributed by atoms with Crippen molar-refractivity contribution in [1.29, 1.82) is 0 Å². The average molecular weight is 362 g/mol. The molecule has 2 aromatic heterocycles. The molecule has 0 amide bonds. The fourth-order valence-electron chi connectivity index (χ4n) is 3.02. The zero-order valence-electron chi connectivity index (χ0n) is 14.1. The second-order valence-corrected chi connectivity index (χ2v) is 6.19. The predicted octanol–water partition coefficient (Wildman–Crippen LogP) is 5.26. The van der Waals surface area contributed by atoms with Crippen LogP contribution in [-0.4, -0.2) is 21.6 Å². The van der Waals surface area contributed by atoms with Gasteiger partial charge in [-0.15, -0.1) is 0 Å². The van der Waals surface area contributed by atoms with E-state index in [0.717, 1.165) is 33.8 Å². The van der Waals surface area contributed by atoms with Gasteiger partial charge in [-0.05, 0) is 24.3 Å². The minimum Gasteiger partial charge on any atom is -0.496 e. The molecule has 4 nitrogen and oxygen atoms in total. The smallest absolute Gasteiger partial charge is 0.126 e. The lowest BCUT2D eigenvalue weighted by Gasteiger charge is -2.15. The van der Waals surface area contributed by atoms with Crippen LogP contribution in [0.15, 0.2) is 79.5 Å². The molecule has 26 heavy (non-hydrogen) atoms. The molecule has 0 fully saturated rings. The van der Waals surface area contributed by atoms with Crippen molar-refractivity contribution in [2.75, 3.05) is 7.11 Å². The highest BCUT2D eigenvalue weighted by molar-refractivity contribution is 6.30. The fraction of sp³-hybridized carbons (Fsp3) is 0.0476. The maximum absolute atomic E-state index is 6.17. The number of aromatic nitrogens is 3. The SMILES string of the molecule is COc1ccccc1-c1ccncc1-n1cncc1-c1cccc(Cl)c1. The normalized spacial score (nSPS) is 10.7. The number of para-hydroxylation sites is 1. The van der Waals surface area contributed by atoms with Gasteiger partial charge >= 0.3 is 0 Å². The number of pyridine rings is 1. The van der Waals surface area contributed by atoms with Crippen LogP contribution in [0.3, 0.4) is 0 Å². The van der Waals surface area contributed by atoms with E-state index in [-0.39, 0.29) is 0 Å². The van der Waals surface area contributed by atoms with Crippen LogP contribution < -0.4 is 4.74 Å². The van der Waals surface area contributed by atoms with Crippen molar-refractivity contribution >= 4 is 11.6 Å². The number of hydrogen-bond acceptors (Lipinski definition) is 3. The van der Waals surface area contributed by atoms with Gasteiger partial charge in [0.1, 0.15) is 5.75 Å². The Labute approximate surface area is 156 Å². The van der Waals surface area contributed by atoms with Crippen molar-refractivity contribution in [1.82, 2.24) is 14.5 Å². The Balaban J connectivity index is 1.91. The molecule has 128 valence electrons. The molecule has 0 atom stereocenters. The summed E-state index contributed by atoms with van der Waals surface area (Å²) in [6, 6.07) is 17.6. The first kappa shape index (κ1) is 16.4. The molecule has 0 N–H and O–H groups in total. The van der Waals surface area contributed by atoms with Gasteiger partial charge in [0.15, 0.2) is 0 Å². The second-order valence-electron chi connectivity index (χ2n) is 5.75. The highest BCUT2D eigenvalue weighted by Gasteiger charge is 2.14. The van der Waals surface area contributed by atoms with Crippen molar-refractivity contribution in [3.63, 3.8) is 0 Å². The molecular formula is C21H16ClN3O. The highest BCUT2D eigenvalue weighted by Crippen LogP contribution is 2.35. The van der Waals surface area contributed by atoms with E-state index < -0.39 is 0 Å². The van der Waals surface area contributed by atoms with Gasteiger partial charge in [0, 0.05) is 27.9 Å². The number of methoxy groups -OCH3 is 1. The van der Waals surface area contributed by atoms with E-state index in [1.807, 2.05) is 71.6 Å². The van der Waals surface area contributed by atoms with Crippen LogP contribution in [0, 0.1) is 0 Å². The van der Waals surface area contributed by atoms with E-state index in [4.69, 9.17) is 16.3 Å². The van der Waals surface area contributed by atoms with Crippen LogP contribution in [0.2, 0.25) is 5.02 Å². The zero-order valence-corrected chi connectivity index (χ0v) is 14.9. The third kappa shape index (κ3) is 2.95. The van der Waals surface area contributed by atoms with Crippen molar-refractivity contribution in [3.8, 4) is 33.8 Å². The molecule has 0 aliphatic heterocycles. The van der Waals surface area contributed by atoms with Crippen LogP contribution in [0.1, 0.15) is 0 Å². The molecule has 0 saturated heterocycles. The summed E-state index contributed by atoms with van der Waals surface area (Å²) < 4.78 is 7.55. The molecule has 2 heterocycles. The van der Waals surface area contributed by atoms with E-state index >= 15 is 0 Å². The molecule has 2 aromatic carbocycles. The first-order valence-electron chi connectivity index (χ1n) is 8.14. The lowest BCUT2D eigenvalue weighted by Crippen LogP contribution is -2.00. The Bertz CT molecular complexity index is 1060. The molecule has 0 bridgehead atoms. The molecule has 0 radical (unpaired) electrons. The van der Waals surface area contributed by atoms with Gasteiger partial charge in [-0.1, -0.05) is 41.9 Å². The van der Waals surface area contributed by atoms with Crippen LogP contribution in [0.4, 0.5) is 0 Å². The Hall–Kier alpha value is -3.11. The minimum absolute atomic E-state index is 0.686. The summed E-state index contributed by atoms with van der Waals surface area (Å²) in [6.07, 6.45) is 7.22. The van der Waals surface area contributed by atoms with Crippen molar-refractivity contribution < 1.29 is 4.74 Å². The third-order valence-corrected chi connectivity index (χ3v) is 4.45. The fourth-order valence-corrected chi connectivity index (χ4v) is 3.21. The van der Waals surface area contributed by atoms with Crippen LogP contribution in [0.25, 0.3) is 28.1 Å². The maximum Gasteiger partial charge on any atom is 0.126 e. The summed E-state index contributed by atoms with van der Waals surface area (Å²) in [5.74, 6) is 0.810. The molecule has 0 aliphatic carbocycles. The van der Waals surface area contributed by atoms with Gasteiger partial charge in [0.05, 0.1) is 37.2 Å². The van der Waals surface area contributed by atoms with E-state index in [9.17, 15) is 0 Å². The summed E-state index contributed by atoms with van der Waals surface area (Å²) in [5, 5.41) is 0.686. The quantitative estimate of drug-likeness (QED) is 0.497. The van der Waals surface area contributed by atoms with Gasteiger partial charge in [-0.3, -0.25) is 9.55 Å². The number of nitrogens with zero attached hydrogens (tertiary/aromatic N) is 3. The van der Waals surface area contributed by atoms with Crippen molar-refractivity contribution in [3.05, 3.63) is 84.5 Å². The van der Waals surface area contributed by atoms with Gasteiger partial charge in [0.25, 0.3) is 0 Å². The monoisotopic (exact) mass is 361 g/mol. The molecular weight excluding hydrogens is 346 g/mol. The van der Waals surface area contributed by atoms with Crippen LogP contribution in [-0.2, 0) is 0 Å². The van der Waals surface area contributed by atoms with Gasteiger partial charge in [-0.2, -0.15) is 0 Å². The summed E-state index contributed by atoms with van der Waals surface area (Å²) in [5.41, 5.74) is 4.86. The molecule has 4 rings (SSSR count). The van der Waals surface area contributed by atoms with E-state index in [1.54, 1.807) is 19.6 Å². The molecule has 0 saturated carbocycles. The van der Waals surface area contributed by atoms with Gasteiger partial charge in [-0.25, -0.2) is 4.98 Å². The van der Waals surface area contributed by atoms with E-state index in [2.05, 4.69) is 9.97 Å². The molecule has 0 aliphatic rings. The number of halogens is 1. The van der Waals surface area contributed by atoms with E-state index in [1.165, 1.54) is 0 Å². The topological polar surface area (TPSA) is 39.9 Å². The van der Waals surface area contributed by atoms with Gasteiger partial charge in [0.2, 0.25) is 0 Å². The average Bonchev–Trinajstić information content (AvgIpc) is 3.17. The first-order chi connectivity index (χ1) is 12.8. The standard InChI is InChI=1S/C21H16ClN3O/c1-26-21-8-3-2-7-18(21)17-9-10-23-13-20(17)25-14-24-12-19(25)15-5-4-6-16(22)11-15/h2-14H,1H3. The molecule has 0 unspecified atom stereocenters. The highest BCUT2D eigenvalue weighted by atomic mass is 35.5. The Morgan fingerprint density at radius 2 is 1.81 bits per heavy atom. The number of rotatable bonds is 4. The minimum atomic E-state index is 0.686. The Morgan fingerprint density at radius 1 is 0.923 bits per heavy atom. The maximum atomic E-state index is 6.17. The number of benzene rings is 2. The van der Waals surface area contributed by atoms with Gasteiger partial charge < -0.3 is 4.74 Å². The number of ether oxygens (including phenoxy) is 1. The lowest BCUT2D eigenvalue weighted by atomic mass is 10.0. The molecule has 5 heteroatoms. The second kappa shape index (κ2) is 7.02. The van der Waals surface area contributed by atoms with E-state index in [0.29, 0.717) is 5.02 Å². The lowest BCUT2D eigenvalue weighted by molar-refractivity contribution is 0.416. The zero-order chi connectivity index (χ0) is 17.9. The van der Waals surface area contributed by atoms with Crippen molar-refractivity contribution in [2.24, 2.45) is 0 Å². The summed E-state index contributed by atoms with van der Waals surface area (Å²) >= 11 is 6.17. The Morgan fingerprint density at radius 3 is 2.65 bits per heavy atom. The van der Waals surface area contributed by atoms with Crippen LogP contribution in [0.5, 0.6) is 5.75 Å². The summed E-state index contributed by atoms with van der Waals surface area (Å²) in [7, 11) is 1.67. The molecule has 0 spiro atoms. The Kier molecular flexibility index (Phi) is 4.42. The largest absolute Gasteiger partial charge is 0.496 e. The molecule has 4 aromatic rings. The summed E-state index contributed by atoms with van der Waals surface area (Å²) in [6.45, 7) is 0. The van der Waals surface area contributed by atoms with Crippen molar-refractivity contribution in [2.45, 2.75) is 0 Å².